The van der Waals surface area contributed by atoms with Gasteiger partial charge in [0.15, 0.2) is 0 Å². The highest BCUT2D eigenvalue weighted by Gasteiger charge is 2.33. The summed E-state index contributed by atoms with van der Waals surface area (Å²) in [6.07, 6.45) is 1.27. The third kappa shape index (κ3) is 2.54. The molecule has 0 N–H and O–H groups in total. The molecule has 6 heteroatoms. The van der Waals surface area contributed by atoms with Crippen LogP contribution in [0.15, 0.2) is 24.3 Å². The largest absolute Gasteiger partial charge is 0.279 e. The number of likely N-dealkylation sites (tertiary alicyclic amines) is 2. The monoisotopic (exact) mass is 276 g/mol. The van der Waals surface area contributed by atoms with Gasteiger partial charge in [0.1, 0.15) is 0 Å². The first-order valence-electron chi connectivity index (χ1n) is 6.46. The van der Waals surface area contributed by atoms with E-state index in [1.54, 1.807) is 0 Å². The molecule has 0 aromatic rings. The van der Waals surface area contributed by atoms with Crippen LogP contribution in [0.2, 0.25) is 0 Å². The molecule has 20 heavy (non-hydrogen) atoms. The summed E-state index contributed by atoms with van der Waals surface area (Å²) in [6, 6.07) is 0. The highest BCUT2D eigenvalue weighted by atomic mass is 16.2. The minimum atomic E-state index is -0.322. The molecule has 0 bridgehead atoms. The van der Waals surface area contributed by atoms with Gasteiger partial charge < -0.3 is 0 Å². The van der Waals surface area contributed by atoms with Crippen molar-refractivity contribution < 1.29 is 19.2 Å². The van der Waals surface area contributed by atoms with E-state index < -0.39 is 0 Å². The Morgan fingerprint density at radius 1 is 0.750 bits per heavy atom. The summed E-state index contributed by atoms with van der Waals surface area (Å²) in [7, 11) is 0. The summed E-state index contributed by atoms with van der Waals surface area (Å²) >= 11 is 0. The molecule has 0 spiro atoms. The van der Waals surface area contributed by atoms with Gasteiger partial charge in [-0.2, -0.15) is 0 Å². The third-order valence-corrected chi connectivity index (χ3v) is 3.44. The minimum Gasteiger partial charge on any atom is -0.279 e. The fraction of sp³-hybridized carbons (Fsp3) is 0.429. The smallest absolute Gasteiger partial charge is 0.256 e. The van der Waals surface area contributed by atoms with E-state index in [2.05, 4.69) is 13.2 Å². The first kappa shape index (κ1) is 14.2. The number of carbonyl (C=O) groups excluding carboxylic acids is 4. The Morgan fingerprint density at radius 3 is 1.35 bits per heavy atom. The van der Waals surface area contributed by atoms with E-state index in [9.17, 15) is 19.2 Å². The lowest BCUT2D eigenvalue weighted by Crippen LogP contribution is -2.33. The van der Waals surface area contributed by atoms with Crippen LogP contribution in [0.1, 0.15) is 25.7 Å². The summed E-state index contributed by atoms with van der Waals surface area (Å²) in [5.74, 6) is -1.11. The van der Waals surface area contributed by atoms with Crippen molar-refractivity contribution in [3.8, 4) is 0 Å². The van der Waals surface area contributed by atoms with Crippen LogP contribution in [-0.4, -0.2) is 46.5 Å². The average Bonchev–Trinajstić information content (AvgIpc) is 2.76. The van der Waals surface area contributed by atoms with Crippen LogP contribution in [-0.2, 0) is 19.2 Å². The van der Waals surface area contributed by atoms with E-state index in [4.69, 9.17) is 0 Å². The molecule has 0 aromatic heterocycles. The van der Waals surface area contributed by atoms with Crippen LogP contribution < -0.4 is 0 Å². The normalized spacial score (nSPS) is 19.8. The van der Waals surface area contributed by atoms with E-state index in [1.807, 2.05) is 0 Å². The summed E-state index contributed by atoms with van der Waals surface area (Å²) in [6.45, 7) is 7.67. The Hall–Kier alpha value is -2.24. The van der Waals surface area contributed by atoms with Crippen molar-refractivity contribution in [3.63, 3.8) is 0 Å². The quantitative estimate of drug-likeness (QED) is 0.414. The molecular weight excluding hydrogens is 260 g/mol. The maximum Gasteiger partial charge on any atom is 0.256 e. The van der Waals surface area contributed by atoms with E-state index in [1.165, 1.54) is 9.80 Å². The highest BCUT2D eigenvalue weighted by molar-refractivity contribution is 6.13. The number of hydrogen-bond acceptors (Lipinski definition) is 4. The number of amides is 4. The molecule has 2 heterocycles. The van der Waals surface area contributed by atoms with Crippen molar-refractivity contribution in [1.82, 2.24) is 9.80 Å². The molecule has 0 aliphatic carbocycles. The molecule has 2 aliphatic heterocycles. The van der Waals surface area contributed by atoms with Crippen molar-refractivity contribution >= 4 is 23.6 Å². The van der Waals surface area contributed by atoms with Crippen LogP contribution in [0.4, 0.5) is 0 Å². The van der Waals surface area contributed by atoms with Crippen LogP contribution >= 0.6 is 0 Å². The Morgan fingerprint density at radius 2 is 1.10 bits per heavy atom. The standard InChI is InChI=1S/C14H16N2O4/c1-9-7-11(17)15(13(9)19)5-3-4-6-16-12(18)8-10(2)14(16)20/h1-8H2. The molecule has 0 radical (unpaired) electrons. The maximum atomic E-state index is 11.6. The van der Waals surface area contributed by atoms with Crippen molar-refractivity contribution in [1.29, 1.82) is 0 Å². The van der Waals surface area contributed by atoms with Gasteiger partial charge >= 0.3 is 0 Å². The third-order valence-electron chi connectivity index (χ3n) is 3.44. The van der Waals surface area contributed by atoms with Crippen molar-refractivity contribution in [2.24, 2.45) is 0 Å². The zero-order valence-corrected chi connectivity index (χ0v) is 11.2. The van der Waals surface area contributed by atoms with Gasteiger partial charge in [-0.05, 0) is 12.8 Å². The van der Waals surface area contributed by atoms with Gasteiger partial charge in [-0.1, -0.05) is 13.2 Å². The lowest BCUT2D eigenvalue weighted by molar-refractivity contribution is -0.140. The summed E-state index contributed by atoms with van der Waals surface area (Å²) in [5, 5.41) is 0. The average molecular weight is 276 g/mol. The molecular formula is C14H16N2O4. The maximum absolute atomic E-state index is 11.6. The SMILES string of the molecule is C=C1CC(=O)N(CCCCN2C(=O)CC(=C)C2=O)C1=O. The van der Waals surface area contributed by atoms with Crippen LogP contribution in [0, 0.1) is 0 Å². The molecule has 0 unspecified atom stereocenters. The van der Waals surface area contributed by atoms with E-state index in [0.717, 1.165) is 0 Å². The van der Waals surface area contributed by atoms with Gasteiger partial charge in [0, 0.05) is 24.2 Å². The van der Waals surface area contributed by atoms with Crippen molar-refractivity contribution in [3.05, 3.63) is 24.3 Å². The highest BCUT2D eigenvalue weighted by Crippen LogP contribution is 2.19. The van der Waals surface area contributed by atoms with E-state index >= 15 is 0 Å². The van der Waals surface area contributed by atoms with Gasteiger partial charge in [-0.15, -0.1) is 0 Å². The molecule has 2 saturated heterocycles. The zero-order chi connectivity index (χ0) is 14.9. The van der Waals surface area contributed by atoms with Gasteiger partial charge in [0.25, 0.3) is 11.8 Å². The van der Waals surface area contributed by atoms with Crippen molar-refractivity contribution in [2.75, 3.05) is 13.1 Å². The van der Waals surface area contributed by atoms with Crippen LogP contribution in [0.5, 0.6) is 0 Å². The zero-order valence-electron chi connectivity index (χ0n) is 11.2. The first-order valence-corrected chi connectivity index (χ1v) is 6.46. The van der Waals surface area contributed by atoms with Gasteiger partial charge in [-0.3, -0.25) is 29.0 Å². The molecule has 2 fully saturated rings. The second-order valence-electron chi connectivity index (χ2n) is 4.97. The topological polar surface area (TPSA) is 74.8 Å². The molecule has 4 amide bonds. The van der Waals surface area contributed by atoms with Crippen LogP contribution in [0.3, 0.4) is 0 Å². The second kappa shape index (κ2) is 5.40. The molecule has 2 rings (SSSR count). The number of imide groups is 2. The lowest BCUT2D eigenvalue weighted by Gasteiger charge is -2.16. The first-order chi connectivity index (χ1) is 9.41. The number of hydrogen-bond donors (Lipinski definition) is 0. The Labute approximate surface area is 116 Å². The number of rotatable bonds is 5. The molecule has 0 aromatic carbocycles. The number of unbranched alkanes of at least 4 members (excludes halogenated alkanes) is 1. The van der Waals surface area contributed by atoms with Gasteiger partial charge in [0.05, 0.1) is 12.8 Å². The minimum absolute atomic E-state index is 0.0851. The molecule has 0 atom stereocenters. The van der Waals surface area contributed by atoms with Gasteiger partial charge in [0.2, 0.25) is 11.8 Å². The summed E-state index contributed by atoms with van der Waals surface area (Å²) in [5.41, 5.74) is 0.632. The predicted molar refractivity (Wildman–Crippen MR) is 70.2 cm³/mol. The van der Waals surface area contributed by atoms with Gasteiger partial charge in [-0.25, -0.2) is 0 Å². The Balaban J connectivity index is 1.77. The lowest BCUT2D eigenvalue weighted by atomic mass is 10.2. The fourth-order valence-electron chi connectivity index (χ4n) is 2.31. The molecule has 106 valence electrons. The summed E-state index contributed by atoms with van der Waals surface area (Å²) < 4.78 is 0. The van der Waals surface area contributed by atoms with Crippen LogP contribution in [0.25, 0.3) is 0 Å². The Kier molecular flexibility index (Phi) is 3.83. The number of nitrogens with zero attached hydrogens (tertiary/aromatic N) is 2. The second-order valence-corrected chi connectivity index (χ2v) is 4.97. The fourth-order valence-corrected chi connectivity index (χ4v) is 2.31. The molecule has 2 aliphatic rings. The predicted octanol–water partition coefficient (Wildman–Crippen LogP) is 0.397. The van der Waals surface area contributed by atoms with E-state index in [-0.39, 0.29) is 36.5 Å². The molecule has 6 nitrogen and oxygen atoms in total. The van der Waals surface area contributed by atoms with E-state index in [0.29, 0.717) is 37.1 Å². The Bertz CT molecular complexity index is 487. The summed E-state index contributed by atoms with van der Waals surface area (Å²) in [4.78, 5) is 48.5. The van der Waals surface area contributed by atoms with Crippen molar-refractivity contribution in [2.45, 2.75) is 25.7 Å². The number of carbonyl (C=O) groups is 4. The molecule has 0 saturated carbocycles.